The van der Waals surface area contributed by atoms with Crippen molar-refractivity contribution >= 4 is 45.7 Å². The van der Waals surface area contributed by atoms with Gasteiger partial charge in [0.05, 0.1) is 28.7 Å². The predicted octanol–water partition coefficient (Wildman–Crippen LogP) is 5.60. The van der Waals surface area contributed by atoms with E-state index in [0.717, 1.165) is 5.39 Å². The summed E-state index contributed by atoms with van der Waals surface area (Å²) in [6, 6.07) is 19.4. The topological polar surface area (TPSA) is 116 Å². The normalized spacial score (nSPS) is 12.3. The minimum Gasteiger partial charge on any atom is -0.490 e. The number of para-hydroxylation sites is 2. The van der Waals surface area contributed by atoms with Crippen LogP contribution in [0.15, 0.2) is 81.0 Å². The van der Waals surface area contributed by atoms with Gasteiger partial charge in [0.25, 0.3) is 5.56 Å². The van der Waals surface area contributed by atoms with E-state index in [4.69, 9.17) is 25.5 Å². The Morgan fingerprint density at radius 2 is 1.95 bits per heavy atom. The Kier molecular flexibility index (Phi) is 6.85. The van der Waals surface area contributed by atoms with E-state index in [1.807, 2.05) is 24.3 Å². The average molecular weight is 532 g/mol. The number of aliphatic carboxylic acids is 1. The summed E-state index contributed by atoms with van der Waals surface area (Å²) < 4.78 is 18.3. The first-order valence-electron chi connectivity index (χ1n) is 11.8. The number of halogens is 1. The standard InChI is InChI=1S/C28H22ClN3O6/c1-3-36-23-13-17(12-20(29)25(23)37-16(2)28(34)35)15-30-32-26(24-14-18-8-4-7-11-22(18)38-24)31-21-10-6-5-9-19(21)27(32)33/h4-16H,3H2,1-2H3,(H,34,35)/t16-/m1/s1. The lowest BCUT2D eigenvalue weighted by atomic mass is 10.2. The van der Waals surface area contributed by atoms with E-state index in [-0.39, 0.29) is 27.9 Å². The number of nitrogens with zero attached hydrogens (tertiary/aromatic N) is 3. The molecule has 0 fully saturated rings. The summed E-state index contributed by atoms with van der Waals surface area (Å²) in [6.07, 6.45) is 0.294. The summed E-state index contributed by atoms with van der Waals surface area (Å²) >= 11 is 6.43. The number of aromatic nitrogens is 2. The van der Waals surface area contributed by atoms with Crippen molar-refractivity contribution in [3.8, 4) is 23.1 Å². The number of hydrogen-bond acceptors (Lipinski definition) is 7. The van der Waals surface area contributed by atoms with Crippen LogP contribution in [0.4, 0.5) is 0 Å². The van der Waals surface area contributed by atoms with Gasteiger partial charge in [-0.15, -0.1) is 0 Å². The smallest absolute Gasteiger partial charge is 0.344 e. The molecule has 2 aromatic heterocycles. The molecule has 0 unspecified atom stereocenters. The molecular weight excluding hydrogens is 510 g/mol. The van der Waals surface area contributed by atoms with E-state index in [9.17, 15) is 14.7 Å². The van der Waals surface area contributed by atoms with E-state index in [1.165, 1.54) is 23.9 Å². The second-order valence-electron chi connectivity index (χ2n) is 8.32. The molecule has 0 aliphatic carbocycles. The molecule has 38 heavy (non-hydrogen) atoms. The van der Waals surface area contributed by atoms with Crippen LogP contribution in [-0.2, 0) is 4.79 Å². The molecule has 9 nitrogen and oxygen atoms in total. The first-order valence-corrected chi connectivity index (χ1v) is 12.1. The van der Waals surface area contributed by atoms with E-state index in [2.05, 4.69) is 10.1 Å². The molecule has 0 radical (unpaired) electrons. The van der Waals surface area contributed by atoms with E-state index < -0.39 is 12.1 Å². The van der Waals surface area contributed by atoms with Gasteiger partial charge in [0, 0.05) is 5.39 Å². The van der Waals surface area contributed by atoms with Gasteiger partial charge < -0.3 is 19.0 Å². The second kappa shape index (κ2) is 10.4. The van der Waals surface area contributed by atoms with Crippen LogP contribution in [-0.4, -0.2) is 39.7 Å². The van der Waals surface area contributed by atoms with Gasteiger partial charge in [0.2, 0.25) is 5.82 Å². The van der Waals surface area contributed by atoms with Gasteiger partial charge in [0.1, 0.15) is 5.58 Å². The van der Waals surface area contributed by atoms with Crippen molar-refractivity contribution in [3.63, 3.8) is 0 Å². The lowest BCUT2D eigenvalue weighted by Gasteiger charge is -2.16. The number of carboxylic acid groups (broad SMARTS) is 1. The van der Waals surface area contributed by atoms with E-state index in [0.29, 0.717) is 34.4 Å². The molecule has 0 bridgehead atoms. The molecule has 1 N–H and O–H groups in total. The number of hydrogen-bond donors (Lipinski definition) is 1. The SMILES string of the molecule is CCOc1cc(C=Nn2c(-c3cc4ccccc4o3)nc3ccccc3c2=O)cc(Cl)c1O[C@H](C)C(=O)O. The molecule has 0 spiro atoms. The third-order valence-electron chi connectivity index (χ3n) is 5.70. The van der Waals surface area contributed by atoms with Crippen molar-refractivity contribution < 1.29 is 23.8 Å². The molecule has 0 saturated carbocycles. The molecule has 5 aromatic rings. The van der Waals surface area contributed by atoms with E-state index in [1.54, 1.807) is 43.3 Å². The van der Waals surface area contributed by atoms with Gasteiger partial charge in [0.15, 0.2) is 23.4 Å². The first-order chi connectivity index (χ1) is 18.4. The number of ether oxygens (including phenoxy) is 2. The summed E-state index contributed by atoms with van der Waals surface area (Å²) in [5, 5.41) is 15.0. The molecule has 3 aromatic carbocycles. The highest BCUT2D eigenvalue weighted by molar-refractivity contribution is 6.32. The second-order valence-corrected chi connectivity index (χ2v) is 8.73. The Balaban J connectivity index is 1.63. The number of fused-ring (bicyclic) bond motifs is 2. The maximum absolute atomic E-state index is 13.5. The zero-order valence-corrected chi connectivity index (χ0v) is 21.2. The van der Waals surface area contributed by atoms with Crippen molar-refractivity contribution in [2.24, 2.45) is 5.10 Å². The molecule has 192 valence electrons. The van der Waals surface area contributed by atoms with Crippen molar-refractivity contribution in [1.82, 2.24) is 9.66 Å². The molecule has 1 atom stereocenters. The Morgan fingerprint density at radius 1 is 1.18 bits per heavy atom. The molecule has 0 aliphatic rings. The maximum atomic E-state index is 13.5. The molecule has 0 aliphatic heterocycles. The van der Waals surface area contributed by atoms with Crippen LogP contribution in [0.5, 0.6) is 11.5 Å². The summed E-state index contributed by atoms with van der Waals surface area (Å²) in [5.41, 5.74) is 1.27. The fourth-order valence-electron chi connectivity index (χ4n) is 3.87. The maximum Gasteiger partial charge on any atom is 0.344 e. The Labute approximate surface area is 221 Å². The van der Waals surface area contributed by atoms with Crippen LogP contribution < -0.4 is 15.0 Å². The molecule has 5 rings (SSSR count). The van der Waals surface area contributed by atoms with Crippen LogP contribution in [0.25, 0.3) is 33.5 Å². The van der Waals surface area contributed by atoms with Crippen molar-refractivity contribution in [2.45, 2.75) is 20.0 Å². The molecule has 10 heteroatoms. The lowest BCUT2D eigenvalue weighted by molar-refractivity contribution is -0.144. The Morgan fingerprint density at radius 3 is 2.71 bits per heavy atom. The highest BCUT2D eigenvalue weighted by atomic mass is 35.5. The van der Waals surface area contributed by atoms with Crippen molar-refractivity contribution in [2.75, 3.05) is 6.61 Å². The van der Waals surface area contributed by atoms with Crippen molar-refractivity contribution in [1.29, 1.82) is 0 Å². The largest absolute Gasteiger partial charge is 0.490 e. The molecule has 2 heterocycles. The number of carbonyl (C=O) groups is 1. The van der Waals surface area contributed by atoms with Gasteiger partial charge >= 0.3 is 5.97 Å². The third-order valence-corrected chi connectivity index (χ3v) is 5.98. The molecular formula is C28H22ClN3O6. The summed E-state index contributed by atoms with van der Waals surface area (Å²) in [6.45, 7) is 3.46. The Hall–Kier alpha value is -4.63. The van der Waals surface area contributed by atoms with Crippen LogP contribution in [0.3, 0.4) is 0 Å². The zero-order chi connectivity index (χ0) is 26.8. The van der Waals surface area contributed by atoms with Crippen LogP contribution in [0.1, 0.15) is 19.4 Å². The highest BCUT2D eigenvalue weighted by Gasteiger charge is 2.20. The minimum atomic E-state index is -1.14. The van der Waals surface area contributed by atoms with Gasteiger partial charge in [-0.25, -0.2) is 9.78 Å². The van der Waals surface area contributed by atoms with Crippen LogP contribution in [0.2, 0.25) is 5.02 Å². The minimum absolute atomic E-state index is 0.105. The lowest BCUT2D eigenvalue weighted by Crippen LogP contribution is -2.23. The van der Waals surface area contributed by atoms with Gasteiger partial charge in [-0.2, -0.15) is 9.78 Å². The number of rotatable bonds is 8. The predicted molar refractivity (Wildman–Crippen MR) is 145 cm³/mol. The number of furan rings is 1. The van der Waals surface area contributed by atoms with E-state index >= 15 is 0 Å². The van der Waals surface area contributed by atoms with Gasteiger partial charge in [-0.05, 0) is 55.8 Å². The van der Waals surface area contributed by atoms with Crippen LogP contribution >= 0.6 is 11.6 Å². The fourth-order valence-corrected chi connectivity index (χ4v) is 4.14. The quantitative estimate of drug-likeness (QED) is 0.259. The summed E-state index contributed by atoms with van der Waals surface area (Å²) in [4.78, 5) is 29.4. The monoisotopic (exact) mass is 531 g/mol. The zero-order valence-electron chi connectivity index (χ0n) is 20.4. The average Bonchev–Trinajstić information content (AvgIpc) is 3.34. The van der Waals surface area contributed by atoms with Crippen molar-refractivity contribution in [3.05, 3.63) is 87.7 Å². The molecule has 0 saturated heterocycles. The van der Waals surface area contributed by atoms with Gasteiger partial charge in [-0.3, -0.25) is 4.79 Å². The van der Waals surface area contributed by atoms with Gasteiger partial charge in [-0.1, -0.05) is 41.9 Å². The highest BCUT2D eigenvalue weighted by Crippen LogP contribution is 2.37. The number of carboxylic acids is 1. The number of benzene rings is 3. The fraction of sp³-hybridized carbons (Fsp3) is 0.143. The Bertz CT molecular complexity index is 1720. The molecule has 0 amide bonds. The van der Waals surface area contributed by atoms with Crippen LogP contribution in [0, 0.1) is 0 Å². The summed E-state index contributed by atoms with van der Waals surface area (Å²) in [5.74, 6) is -0.183. The first kappa shape index (κ1) is 25.0. The third kappa shape index (κ3) is 4.83. The summed E-state index contributed by atoms with van der Waals surface area (Å²) in [7, 11) is 0.